The molecule has 2 aliphatic heterocycles. The van der Waals surface area contributed by atoms with Crippen LogP contribution in [0.4, 0.5) is 4.79 Å². The lowest BCUT2D eigenvalue weighted by Gasteiger charge is -2.51. The standard InChI is InChI=1S/C18H28N4O2/c1-20-16(3-7-19-20)14-4-8-21(9-5-14)15-11-18(12-15)6-10-22(13-18)17(23)24-2/h3,7,14-15H,4-6,8-13H2,1-2H3. The summed E-state index contributed by atoms with van der Waals surface area (Å²) >= 11 is 0. The number of ether oxygens (including phenoxy) is 1. The van der Waals surface area contributed by atoms with Gasteiger partial charge in [0.2, 0.25) is 0 Å². The Morgan fingerprint density at radius 1 is 1.29 bits per heavy atom. The Balaban J connectivity index is 1.27. The van der Waals surface area contributed by atoms with Crippen LogP contribution in [0.25, 0.3) is 0 Å². The topological polar surface area (TPSA) is 50.6 Å². The molecule has 132 valence electrons. The summed E-state index contributed by atoms with van der Waals surface area (Å²) in [5.41, 5.74) is 1.75. The zero-order valence-electron chi connectivity index (χ0n) is 14.8. The van der Waals surface area contributed by atoms with Crippen LogP contribution in [0.5, 0.6) is 0 Å². The van der Waals surface area contributed by atoms with Crippen LogP contribution in [0, 0.1) is 5.41 Å². The molecule has 0 aromatic carbocycles. The number of amides is 1. The van der Waals surface area contributed by atoms with Gasteiger partial charge in [-0.15, -0.1) is 0 Å². The second-order valence-electron chi connectivity index (χ2n) is 7.89. The molecule has 0 radical (unpaired) electrons. The van der Waals surface area contributed by atoms with E-state index in [4.69, 9.17) is 4.74 Å². The van der Waals surface area contributed by atoms with E-state index in [2.05, 4.69) is 16.1 Å². The highest BCUT2D eigenvalue weighted by molar-refractivity contribution is 5.67. The molecule has 0 N–H and O–H groups in total. The number of aromatic nitrogens is 2. The van der Waals surface area contributed by atoms with Crippen molar-refractivity contribution < 1.29 is 9.53 Å². The average Bonchev–Trinajstić information content (AvgIpc) is 3.19. The maximum atomic E-state index is 11.7. The minimum atomic E-state index is -0.160. The monoisotopic (exact) mass is 332 g/mol. The molecular weight excluding hydrogens is 304 g/mol. The fraction of sp³-hybridized carbons (Fsp3) is 0.778. The lowest BCUT2D eigenvalue weighted by atomic mass is 9.64. The van der Waals surface area contributed by atoms with Gasteiger partial charge in [-0.05, 0) is 56.7 Å². The zero-order valence-corrected chi connectivity index (χ0v) is 14.8. The fourth-order valence-electron chi connectivity index (χ4n) is 5.10. The number of nitrogens with zero attached hydrogens (tertiary/aromatic N) is 4. The third-order valence-electron chi connectivity index (χ3n) is 6.53. The summed E-state index contributed by atoms with van der Waals surface area (Å²) in [6, 6.07) is 2.88. The number of methoxy groups -OCH3 is 1. The summed E-state index contributed by atoms with van der Waals surface area (Å²) in [7, 11) is 3.52. The van der Waals surface area contributed by atoms with Gasteiger partial charge in [0, 0.05) is 44.0 Å². The molecule has 3 fully saturated rings. The van der Waals surface area contributed by atoms with E-state index >= 15 is 0 Å². The number of piperidine rings is 1. The predicted octanol–water partition coefficient (Wildman–Crippen LogP) is 2.22. The molecule has 4 rings (SSSR count). The quantitative estimate of drug-likeness (QED) is 0.833. The van der Waals surface area contributed by atoms with Crippen LogP contribution in [0.1, 0.15) is 43.7 Å². The van der Waals surface area contributed by atoms with Gasteiger partial charge in [-0.2, -0.15) is 5.10 Å². The van der Waals surface area contributed by atoms with Gasteiger partial charge in [-0.25, -0.2) is 4.79 Å². The predicted molar refractivity (Wildman–Crippen MR) is 90.8 cm³/mol. The van der Waals surface area contributed by atoms with Gasteiger partial charge in [-0.3, -0.25) is 4.68 Å². The Morgan fingerprint density at radius 3 is 2.67 bits per heavy atom. The number of hydrogen-bond acceptors (Lipinski definition) is 4. The number of carbonyl (C=O) groups is 1. The Labute approximate surface area is 143 Å². The summed E-state index contributed by atoms with van der Waals surface area (Å²) in [5.74, 6) is 0.657. The molecule has 1 amide bonds. The van der Waals surface area contributed by atoms with Gasteiger partial charge in [0.15, 0.2) is 0 Å². The van der Waals surface area contributed by atoms with Crippen molar-refractivity contribution >= 4 is 6.09 Å². The van der Waals surface area contributed by atoms with Crippen molar-refractivity contribution in [1.29, 1.82) is 0 Å². The number of hydrogen-bond donors (Lipinski definition) is 0. The third-order valence-corrected chi connectivity index (χ3v) is 6.53. The highest BCUT2D eigenvalue weighted by atomic mass is 16.5. The highest BCUT2D eigenvalue weighted by Crippen LogP contribution is 2.50. The van der Waals surface area contributed by atoms with E-state index in [1.54, 1.807) is 0 Å². The smallest absolute Gasteiger partial charge is 0.409 e. The summed E-state index contributed by atoms with van der Waals surface area (Å²) in [5, 5.41) is 4.31. The van der Waals surface area contributed by atoms with Crippen LogP contribution in [0.3, 0.4) is 0 Å². The van der Waals surface area contributed by atoms with Gasteiger partial charge >= 0.3 is 6.09 Å². The molecule has 0 unspecified atom stereocenters. The van der Waals surface area contributed by atoms with E-state index in [1.165, 1.54) is 51.6 Å². The summed E-state index contributed by atoms with van der Waals surface area (Å²) in [6.07, 6.45) is 7.85. The molecule has 1 aliphatic carbocycles. The lowest BCUT2D eigenvalue weighted by Crippen LogP contribution is -2.54. The van der Waals surface area contributed by atoms with Gasteiger partial charge in [-0.1, -0.05) is 0 Å². The van der Waals surface area contributed by atoms with Crippen molar-refractivity contribution in [2.24, 2.45) is 12.5 Å². The lowest BCUT2D eigenvalue weighted by molar-refractivity contribution is -0.00461. The van der Waals surface area contributed by atoms with Crippen LogP contribution in [-0.4, -0.2) is 65.0 Å². The van der Waals surface area contributed by atoms with Gasteiger partial charge < -0.3 is 14.5 Å². The van der Waals surface area contributed by atoms with Crippen LogP contribution >= 0.6 is 0 Å². The molecule has 1 aromatic rings. The van der Waals surface area contributed by atoms with Crippen molar-refractivity contribution in [3.05, 3.63) is 18.0 Å². The first-order valence-corrected chi connectivity index (χ1v) is 9.15. The van der Waals surface area contributed by atoms with E-state index in [9.17, 15) is 4.79 Å². The number of carbonyl (C=O) groups excluding carboxylic acids is 1. The molecule has 3 aliphatic rings. The molecule has 24 heavy (non-hydrogen) atoms. The van der Waals surface area contributed by atoms with Gasteiger partial charge in [0.25, 0.3) is 0 Å². The Hall–Kier alpha value is -1.56. The van der Waals surface area contributed by atoms with E-state index in [1.807, 2.05) is 22.8 Å². The van der Waals surface area contributed by atoms with Gasteiger partial charge in [0.1, 0.15) is 0 Å². The Morgan fingerprint density at radius 2 is 2.04 bits per heavy atom. The first kappa shape index (κ1) is 15.9. The van der Waals surface area contributed by atoms with Crippen molar-refractivity contribution in [3.63, 3.8) is 0 Å². The van der Waals surface area contributed by atoms with Crippen LogP contribution < -0.4 is 0 Å². The molecule has 3 heterocycles. The Kier molecular flexibility index (Phi) is 4.03. The van der Waals surface area contributed by atoms with Crippen molar-refractivity contribution in [2.75, 3.05) is 33.3 Å². The summed E-state index contributed by atoms with van der Waals surface area (Å²) in [6.45, 7) is 4.14. The van der Waals surface area contributed by atoms with Gasteiger partial charge in [0.05, 0.1) is 7.11 Å². The first-order chi connectivity index (χ1) is 11.6. The highest BCUT2D eigenvalue weighted by Gasteiger charge is 2.51. The van der Waals surface area contributed by atoms with Crippen molar-refractivity contribution in [1.82, 2.24) is 19.6 Å². The van der Waals surface area contributed by atoms with Crippen molar-refractivity contribution in [2.45, 2.75) is 44.1 Å². The molecule has 6 heteroatoms. The molecule has 2 saturated heterocycles. The van der Waals surface area contributed by atoms with E-state index in [-0.39, 0.29) is 6.09 Å². The van der Waals surface area contributed by atoms with Crippen molar-refractivity contribution in [3.8, 4) is 0 Å². The minimum absolute atomic E-state index is 0.160. The number of rotatable bonds is 2. The molecule has 0 atom stereocenters. The molecule has 1 aromatic heterocycles. The maximum absolute atomic E-state index is 11.7. The first-order valence-electron chi connectivity index (χ1n) is 9.15. The largest absolute Gasteiger partial charge is 0.453 e. The molecule has 1 spiro atoms. The maximum Gasteiger partial charge on any atom is 0.409 e. The minimum Gasteiger partial charge on any atom is -0.453 e. The average molecular weight is 332 g/mol. The Bertz CT molecular complexity index is 600. The third kappa shape index (κ3) is 2.70. The summed E-state index contributed by atoms with van der Waals surface area (Å²) < 4.78 is 6.89. The second kappa shape index (κ2) is 6.06. The van der Waals surface area contributed by atoms with Crippen LogP contribution in [0.2, 0.25) is 0 Å². The van der Waals surface area contributed by atoms with E-state index in [0.29, 0.717) is 11.3 Å². The second-order valence-corrected chi connectivity index (χ2v) is 7.89. The van der Waals surface area contributed by atoms with E-state index in [0.717, 1.165) is 25.6 Å². The zero-order chi connectivity index (χ0) is 16.7. The number of likely N-dealkylation sites (tertiary alicyclic amines) is 2. The SMILES string of the molecule is COC(=O)N1CCC2(CC(N3CCC(c4ccnn4C)CC3)C2)C1. The fourth-order valence-corrected chi connectivity index (χ4v) is 5.10. The molecular formula is C18H28N4O2. The molecule has 0 bridgehead atoms. The van der Waals surface area contributed by atoms with Crippen LogP contribution in [0.15, 0.2) is 12.3 Å². The van der Waals surface area contributed by atoms with E-state index < -0.39 is 0 Å². The normalized spacial score (nSPS) is 31.4. The molecule has 6 nitrogen and oxygen atoms in total. The number of aryl methyl sites for hydroxylation is 1. The van der Waals surface area contributed by atoms with Crippen LogP contribution in [-0.2, 0) is 11.8 Å². The summed E-state index contributed by atoms with van der Waals surface area (Å²) in [4.78, 5) is 16.2. The molecule has 1 saturated carbocycles.